The third kappa shape index (κ3) is 21.4. The van der Waals surface area contributed by atoms with Gasteiger partial charge in [-0.05, 0) is 138 Å². The number of imidazole rings is 3. The van der Waals surface area contributed by atoms with E-state index in [2.05, 4.69) is 92.3 Å². The van der Waals surface area contributed by atoms with Gasteiger partial charge in [0.2, 0.25) is 0 Å². The molecule has 7 heterocycles. The molecular formula is C73H78BBr3ILiN12NaO14. The Morgan fingerprint density at radius 1 is 0.491 bits per heavy atom. The van der Waals surface area contributed by atoms with Crippen molar-refractivity contribution in [3.8, 4) is 35.3 Å². The largest absolute Gasteiger partial charge is 1.00 e. The Hall–Kier alpha value is -7.65. The van der Waals surface area contributed by atoms with Crippen molar-refractivity contribution in [2.75, 3.05) is 30.9 Å². The van der Waals surface area contributed by atoms with Crippen molar-refractivity contribution in [3.05, 3.63) is 255 Å². The molecule has 1 saturated heterocycles. The van der Waals surface area contributed by atoms with Crippen LogP contribution in [0.3, 0.4) is 0 Å². The number of aromatic nitrogens is 12. The molecule has 6 aromatic heterocycles. The average molecular weight is 1750 g/mol. The Labute approximate surface area is 687 Å². The molecule has 106 heavy (non-hydrogen) atoms. The fourth-order valence-electron chi connectivity index (χ4n) is 10.8. The van der Waals surface area contributed by atoms with Gasteiger partial charge in [-0.25, -0.2) is 19.2 Å². The van der Waals surface area contributed by atoms with Crippen molar-refractivity contribution in [2.45, 2.75) is 66.5 Å². The molecule has 0 saturated carbocycles. The molecule has 0 amide bonds. The molecule has 13 rings (SSSR count). The summed E-state index contributed by atoms with van der Waals surface area (Å²) in [6.45, 7) is 9.93. The van der Waals surface area contributed by atoms with Gasteiger partial charge in [-0.1, -0.05) is 144 Å². The number of aliphatic hydroxyl groups is 1. The molecule has 6 aromatic carbocycles. The molecule has 1 fully saturated rings. The first-order chi connectivity index (χ1) is 49.5. The quantitative estimate of drug-likeness (QED) is 0.0487. The van der Waals surface area contributed by atoms with E-state index in [0.717, 1.165) is 62.6 Å². The van der Waals surface area contributed by atoms with Crippen molar-refractivity contribution in [1.82, 2.24) is 56.1 Å². The topological polar surface area (TPSA) is 278 Å². The zero-order chi connectivity index (χ0) is 74.2. The first-order valence-corrected chi connectivity index (χ1v) is 36.4. The van der Waals surface area contributed by atoms with Crippen LogP contribution in [-0.2, 0) is 89.3 Å². The Morgan fingerprint density at radius 3 is 1.15 bits per heavy atom. The number of esters is 1. The summed E-state index contributed by atoms with van der Waals surface area (Å²) in [6.07, 6.45) is 2.56. The van der Waals surface area contributed by atoms with E-state index in [1.807, 2.05) is 104 Å². The molecule has 0 spiro atoms. The molecule has 1 aliphatic heterocycles. The van der Waals surface area contributed by atoms with Gasteiger partial charge in [-0.2, -0.15) is 15.0 Å². The smallest absolute Gasteiger partial charge is 1.00 e. The number of halogens is 4. The Bertz CT molecular complexity index is 5450. The van der Waals surface area contributed by atoms with Crippen molar-refractivity contribution in [3.63, 3.8) is 0 Å². The number of nitrogens with zero attached hydrogens (tertiary/aromatic N) is 12. The fourth-order valence-corrected chi connectivity index (χ4v) is 12.1. The van der Waals surface area contributed by atoms with Gasteiger partial charge in [0.1, 0.15) is 17.2 Å². The van der Waals surface area contributed by atoms with Crippen molar-refractivity contribution in [2.24, 2.45) is 42.3 Å². The summed E-state index contributed by atoms with van der Waals surface area (Å²) < 4.78 is 49.7. The first kappa shape index (κ1) is 87.3. The van der Waals surface area contributed by atoms with E-state index in [4.69, 9.17) is 28.4 Å². The number of aryl methyl sites for hydroxylation is 3. The molecule has 0 atom stereocenters. The minimum Gasteiger partial charge on any atom is -1.00 e. The summed E-state index contributed by atoms with van der Waals surface area (Å²) in [5.41, 5.74) is 3.51. The summed E-state index contributed by atoms with van der Waals surface area (Å²) in [4.78, 5) is 102. The van der Waals surface area contributed by atoms with E-state index in [-0.39, 0.29) is 125 Å². The van der Waals surface area contributed by atoms with Crippen LogP contribution >= 0.6 is 70.4 Å². The molecule has 3 radical (unpaired) electrons. The van der Waals surface area contributed by atoms with Gasteiger partial charge in [0.05, 0.1) is 45.0 Å². The van der Waals surface area contributed by atoms with Crippen LogP contribution in [0.15, 0.2) is 188 Å². The molecular weight excluding hydrogens is 1680 g/mol. The predicted octanol–water partition coefficient (Wildman–Crippen LogP) is 5.41. The second kappa shape index (κ2) is 41.1. The number of ether oxygens (including phenoxy) is 6. The van der Waals surface area contributed by atoms with E-state index in [9.17, 15) is 38.7 Å². The maximum Gasteiger partial charge on any atom is 1.00 e. The molecule has 0 aliphatic carbocycles. The minimum atomic E-state index is -0.490. The number of hydrogen-bond acceptors (Lipinski definition) is 17. The Balaban J connectivity index is 0.000000318. The van der Waals surface area contributed by atoms with Crippen LogP contribution in [0, 0.1) is 0 Å². The molecule has 33 heteroatoms. The second-order valence-corrected chi connectivity index (χ2v) is 27.5. The van der Waals surface area contributed by atoms with Crippen LogP contribution in [0.5, 0.6) is 35.3 Å². The number of hydrogen-bond donors (Lipinski definition) is 1. The van der Waals surface area contributed by atoms with Crippen LogP contribution in [0.2, 0.25) is 0 Å². The number of aliphatic hydroxyl groups excluding tert-OH is 1. The molecule has 0 bridgehead atoms. The molecule has 547 valence electrons. The Kier molecular flexibility index (Phi) is 33.8. The minimum absolute atomic E-state index is 0. The SMILES string of the molecule is C1CCOC1.CCI.CCOC(=O)c1cccc(Oc2nc3c(c(=O)n(C)c(=O)n3C)n2Cc2cccc(Br)c2)c1.CCOCc1cccc(Oc2nc3c(c(=O)n(C)c(=O)n3C)n2Cc2cccc(Br)c2)c1.Cn1c(=O)c2c(nc(Oc3cccc(CO)c3)n2Cc2cccc(Br)c2)n(C)c1=O.[B].[H-].[H-].[Li+].[Na+]. The predicted molar refractivity (Wildman–Crippen MR) is 420 cm³/mol. The van der Waals surface area contributed by atoms with Crippen LogP contribution in [0.25, 0.3) is 33.5 Å². The number of rotatable bonds is 18. The van der Waals surface area contributed by atoms with E-state index in [1.165, 1.54) is 58.2 Å². The molecule has 1 aliphatic rings. The van der Waals surface area contributed by atoms with E-state index >= 15 is 0 Å². The number of benzene rings is 6. The number of alkyl halides is 1. The van der Waals surface area contributed by atoms with Crippen molar-refractivity contribution >= 4 is 118 Å². The third-order valence-corrected chi connectivity index (χ3v) is 17.4. The fraction of sp³-hybridized carbons (Fsp3) is 0.288. The molecule has 1 N–H and O–H groups in total. The average Bonchev–Trinajstić information content (AvgIpc) is 1.61. The monoisotopic (exact) mass is 1750 g/mol. The van der Waals surface area contributed by atoms with Gasteiger partial charge in [-0.3, -0.25) is 55.5 Å². The summed E-state index contributed by atoms with van der Waals surface area (Å²) in [7, 11) is 9.02. The number of carbonyl (C=O) groups is 1. The molecule has 12 aromatic rings. The molecule has 0 unspecified atom stereocenters. The van der Waals surface area contributed by atoms with Gasteiger partial charge in [0.15, 0.2) is 33.5 Å². The molecule has 26 nitrogen and oxygen atoms in total. The Morgan fingerprint density at radius 2 is 0.821 bits per heavy atom. The summed E-state index contributed by atoms with van der Waals surface area (Å²) in [6, 6.07) is 44.6. The third-order valence-electron chi connectivity index (χ3n) is 15.9. The van der Waals surface area contributed by atoms with E-state index in [0.29, 0.717) is 60.2 Å². The zero-order valence-electron chi connectivity index (χ0n) is 62.6. The van der Waals surface area contributed by atoms with Crippen molar-refractivity contribution < 1.29 is 89.6 Å². The van der Waals surface area contributed by atoms with Crippen LogP contribution in [-0.4, -0.2) is 106 Å². The number of fused-ring (bicyclic) bond motifs is 3. The summed E-state index contributed by atoms with van der Waals surface area (Å²) >= 11 is 12.7. The maximum absolute atomic E-state index is 13.0. The van der Waals surface area contributed by atoms with Gasteiger partial charge in [0, 0.05) is 83.9 Å². The van der Waals surface area contributed by atoms with E-state index < -0.39 is 39.7 Å². The van der Waals surface area contributed by atoms with Gasteiger partial charge in [-0.15, -0.1) is 0 Å². The van der Waals surface area contributed by atoms with Gasteiger partial charge < -0.3 is 36.4 Å². The van der Waals surface area contributed by atoms with Crippen LogP contribution in [0.4, 0.5) is 0 Å². The number of carbonyl (C=O) groups excluding carboxylic acids is 1. The van der Waals surface area contributed by atoms with Crippen LogP contribution in [0.1, 0.15) is 74.6 Å². The maximum atomic E-state index is 13.0. The van der Waals surface area contributed by atoms with Gasteiger partial charge >= 0.3 is 89.5 Å². The summed E-state index contributed by atoms with van der Waals surface area (Å²) in [5, 5.41) is 9.39. The standard InChI is InChI=1S/C23H21BrN4O5.C23H23BrN4O4.C21H19BrN4O4.C4H8O.C2H5I.B.Li.Na.2H/c1-4-32-21(30)15-8-6-10-17(12-15)33-22-25-19-18(20(29)27(3)23(31)26(19)2)28(22)13-14-7-5-9-16(24)11-14;1-4-31-14-16-8-6-10-18(12-16)32-22-25-20-19(21(29)27(3)23(30)26(20)2)28(22)13-15-7-5-9-17(24)11-15;1-24-18-17(19(28)25(2)21(24)29)26(11-13-5-3-7-15(22)9-13)20(23-18)30-16-8-4-6-14(10-16)12-27;1-2-4-5-3-1;1-2-3;;;;;/h5-12H,4,13H2,1-3H3;5-12H,4,13-14H2,1-3H3;3-10,27H,11-12H2,1-2H3;1-4H2;2H2,1H3;;;;;/q;;;;;;2*+1;2*-1. The van der Waals surface area contributed by atoms with Crippen molar-refractivity contribution in [1.29, 1.82) is 0 Å². The second-order valence-electron chi connectivity index (χ2n) is 23.2. The normalized spacial score (nSPS) is 11.3. The zero-order valence-corrected chi connectivity index (χ0v) is 69.5. The first-order valence-electron chi connectivity index (χ1n) is 32.5. The van der Waals surface area contributed by atoms with Gasteiger partial charge in [0.25, 0.3) is 16.7 Å². The van der Waals surface area contributed by atoms with Crippen LogP contribution < -0.4 is 96.4 Å². The van der Waals surface area contributed by atoms with E-state index in [1.54, 1.807) is 84.2 Å². The summed E-state index contributed by atoms with van der Waals surface area (Å²) in [5.74, 6) is 0.902.